The highest BCUT2D eigenvalue weighted by Gasteiger charge is 2.31. The molecule has 4 nitrogen and oxygen atoms in total. The fourth-order valence-electron chi connectivity index (χ4n) is 2.26. The van der Waals surface area contributed by atoms with Crippen molar-refractivity contribution in [1.82, 2.24) is 9.97 Å². The number of aromatic nitrogens is 2. The van der Waals surface area contributed by atoms with E-state index >= 15 is 0 Å². The summed E-state index contributed by atoms with van der Waals surface area (Å²) in [6.07, 6.45) is 2.02. The number of rotatable bonds is 1. The molecule has 2 aromatic heterocycles. The van der Waals surface area contributed by atoms with E-state index in [4.69, 9.17) is 0 Å². The molecular formula is C12H13N3OS2. The summed E-state index contributed by atoms with van der Waals surface area (Å²) in [6, 6.07) is 0. The Balaban J connectivity index is 2.20. The summed E-state index contributed by atoms with van der Waals surface area (Å²) in [5.41, 5.74) is 1.17. The average Bonchev–Trinajstić information content (AvgIpc) is 2.80. The van der Waals surface area contributed by atoms with Crippen LogP contribution < -0.4 is 4.90 Å². The van der Waals surface area contributed by atoms with Crippen LogP contribution in [0.5, 0.6) is 0 Å². The first-order chi connectivity index (χ1) is 8.58. The molecule has 0 N–H and O–H groups in total. The number of carbonyl (C=O) groups excluding carboxylic acids is 1. The predicted octanol–water partition coefficient (Wildman–Crippen LogP) is 2.34. The van der Waals surface area contributed by atoms with Gasteiger partial charge in [-0.1, -0.05) is 0 Å². The lowest BCUT2D eigenvalue weighted by atomic mass is 10.2. The molecule has 1 unspecified atom stereocenters. The van der Waals surface area contributed by atoms with Crippen LogP contribution in [0.25, 0.3) is 10.2 Å². The van der Waals surface area contributed by atoms with Gasteiger partial charge in [0, 0.05) is 23.1 Å². The standard InChI is InChI=1S/C12H13N3OS2/c1-6-7(2)18-12-10(6)11(13-5-14-12)15-4-8(17)3-9(15)16/h5,8,17H,3-4H2,1-2H3. The van der Waals surface area contributed by atoms with E-state index in [0.717, 1.165) is 16.0 Å². The van der Waals surface area contributed by atoms with Crippen molar-refractivity contribution in [2.45, 2.75) is 25.5 Å². The van der Waals surface area contributed by atoms with Crippen LogP contribution in [0, 0.1) is 13.8 Å². The second-order valence-corrected chi connectivity index (χ2v) is 6.46. The number of anilines is 1. The van der Waals surface area contributed by atoms with Gasteiger partial charge in [-0.25, -0.2) is 9.97 Å². The average molecular weight is 279 g/mol. The third-order valence-electron chi connectivity index (χ3n) is 3.31. The minimum Gasteiger partial charge on any atom is -0.295 e. The zero-order chi connectivity index (χ0) is 12.9. The van der Waals surface area contributed by atoms with Gasteiger partial charge in [0.05, 0.1) is 5.39 Å². The van der Waals surface area contributed by atoms with E-state index in [1.54, 1.807) is 16.2 Å². The van der Waals surface area contributed by atoms with Crippen molar-refractivity contribution in [2.75, 3.05) is 11.4 Å². The van der Waals surface area contributed by atoms with Crippen LogP contribution in [0.15, 0.2) is 6.33 Å². The molecule has 0 bridgehead atoms. The molecule has 0 spiro atoms. The lowest BCUT2D eigenvalue weighted by Crippen LogP contribution is -2.26. The Kier molecular flexibility index (Phi) is 2.79. The first-order valence-electron chi connectivity index (χ1n) is 5.77. The second-order valence-electron chi connectivity index (χ2n) is 4.52. The summed E-state index contributed by atoms with van der Waals surface area (Å²) in [6.45, 7) is 4.75. The number of thiophene rings is 1. The van der Waals surface area contributed by atoms with Gasteiger partial charge in [-0.15, -0.1) is 11.3 Å². The van der Waals surface area contributed by atoms with E-state index in [1.165, 1.54) is 16.8 Å². The highest BCUT2D eigenvalue weighted by atomic mass is 32.1. The van der Waals surface area contributed by atoms with Gasteiger partial charge >= 0.3 is 0 Å². The number of hydrogen-bond donors (Lipinski definition) is 1. The Morgan fingerprint density at radius 2 is 2.22 bits per heavy atom. The molecule has 0 aromatic carbocycles. The Morgan fingerprint density at radius 3 is 2.89 bits per heavy atom. The molecular weight excluding hydrogens is 266 g/mol. The van der Waals surface area contributed by atoms with Crippen LogP contribution >= 0.6 is 24.0 Å². The maximum atomic E-state index is 12.0. The Bertz CT molecular complexity index is 638. The van der Waals surface area contributed by atoms with E-state index in [9.17, 15) is 4.79 Å². The largest absolute Gasteiger partial charge is 0.295 e. The molecule has 1 aliphatic heterocycles. The molecule has 3 heterocycles. The van der Waals surface area contributed by atoms with Crippen LogP contribution in [0.1, 0.15) is 16.9 Å². The molecule has 0 radical (unpaired) electrons. The zero-order valence-corrected chi connectivity index (χ0v) is 11.9. The van der Waals surface area contributed by atoms with Gasteiger partial charge in [0.1, 0.15) is 17.0 Å². The summed E-state index contributed by atoms with van der Waals surface area (Å²) in [5.74, 6) is 0.835. The maximum Gasteiger partial charge on any atom is 0.229 e. The van der Waals surface area contributed by atoms with Crippen LogP contribution in [0.4, 0.5) is 5.82 Å². The zero-order valence-electron chi connectivity index (χ0n) is 10.2. The normalized spacial score (nSPS) is 20.1. The number of hydrogen-bond acceptors (Lipinski definition) is 5. The molecule has 1 atom stereocenters. The van der Waals surface area contributed by atoms with Crippen molar-refractivity contribution in [3.05, 3.63) is 16.8 Å². The highest BCUT2D eigenvalue weighted by Crippen LogP contribution is 2.35. The van der Waals surface area contributed by atoms with Crippen LogP contribution in [-0.2, 0) is 4.79 Å². The molecule has 18 heavy (non-hydrogen) atoms. The molecule has 0 aliphatic carbocycles. The Morgan fingerprint density at radius 1 is 1.44 bits per heavy atom. The van der Waals surface area contributed by atoms with E-state index in [2.05, 4.69) is 36.4 Å². The molecule has 94 valence electrons. The maximum absolute atomic E-state index is 12.0. The molecule has 1 saturated heterocycles. The highest BCUT2D eigenvalue weighted by molar-refractivity contribution is 7.81. The van der Waals surface area contributed by atoms with Crippen molar-refractivity contribution >= 4 is 45.9 Å². The minimum absolute atomic E-state index is 0.0956. The third-order valence-corrected chi connectivity index (χ3v) is 4.77. The third kappa shape index (κ3) is 1.71. The number of thiol groups is 1. The summed E-state index contributed by atoms with van der Waals surface area (Å²) in [5, 5.41) is 1.11. The van der Waals surface area contributed by atoms with Crippen molar-refractivity contribution in [2.24, 2.45) is 0 Å². The SMILES string of the molecule is Cc1sc2ncnc(N3CC(S)CC3=O)c2c1C. The Hall–Kier alpha value is -1.14. The molecule has 6 heteroatoms. The van der Waals surface area contributed by atoms with Gasteiger partial charge in [-0.3, -0.25) is 9.69 Å². The molecule has 0 saturated carbocycles. The quantitative estimate of drug-likeness (QED) is 0.815. The van der Waals surface area contributed by atoms with Gasteiger partial charge in [0.2, 0.25) is 5.91 Å². The number of carbonyl (C=O) groups is 1. The van der Waals surface area contributed by atoms with Crippen LogP contribution in [0.3, 0.4) is 0 Å². The van der Waals surface area contributed by atoms with Gasteiger partial charge in [-0.2, -0.15) is 12.6 Å². The summed E-state index contributed by atoms with van der Waals surface area (Å²) >= 11 is 6.03. The number of nitrogens with zero attached hydrogens (tertiary/aromatic N) is 3. The lowest BCUT2D eigenvalue weighted by molar-refractivity contribution is -0.117. The smallest absolute Gasteiger partial charge is 0.229 e. The predicted molar refractivity (Wildman–Crippen MR) is 76.6 cm³/mol. The monoisotopic (exact) mass is 279 g/mol. The van der Waals surface area contributed by atoms with Gasteiger partial charge in [0.15, 0.2) is 0 Å². The number of aryl methyl sites for hydroxylation is 2. The van der Waals surface area contributed by atoms with Crippen molar-refractivity contribution in [1.29, 1.82) is 0 Å². The number of amides is 1. The van der Waals surface area contributed by atoms with Crippen LogP contribution in [0.2, 0.25) is 0 Å². The first-order valence-corrected chi connectivity index (χ1v) is 7.10. The van der Waals surface area contributed by atoms with Crippen molar-refractivity contribution in [3.8, 4) is 0 Å². The van der Waals surface area contributed by atoms with Gasteiger partial charge < -0.3 is 0 Å². The first kappa shape index (κ1) is 11.9. The summed E-state index contributed by atoms with van der Waals surface area (Å²) in [4.78, 5) is 24.5. The van der Waals surface area contributed by atoms with Crippen molar-refractivity contribution in [3.63, 3.8) is 0 Å². The van der Waals surface area contributed by atoms with Crippen molar-refractivity contribution < 1.29 is 4.79 Å². The Labute approximate surface area is 114 Å². The van der Waals surface area contributed by atoms with E-state index in [1.807, 2.05) is 0 Å². The van der Waals surface area contributed by atoms with E-state index in [0.29, 0.717) is 13.0 Å². The lowest BCUT2D eigenvalue weighted by Gasteiger charge is -2.15. The molecule has 2 aromatic rings. The molecule has 1 fully saturated rings. The molecule has 1 amide bonds. The summed E-state index contributed by atoms with van der Waals surface area (Å²) < 4.78 is 0. The minimum atomic E-state index is 0.0956. The van der Waals surface area contributed by atoms with Crippen LogP contribution in [-0.4, -0.2) is 27.7 Å². The van der Waals surface area contributed by atoms with E-state index in [-0.39, 0.29) is 11.2 Å². The topological polar surface area (TPSA) is 46.1 Å². The second kappa shape index (κ2) is 4.20. The fraction of sp³-hybridized carbons (Fsp3) is 0.417. The van der Waals surface area contributed by atoms with Gasteiger partial charge in [-0.05, 0) is 19.4 Å². The molecule has 3 rings (SSSR count). The number of fused-ring (bicyclic) bond motifs is 1. The van der Waals surface area contributed by atoms with E-state index < -0.39 is 0 Å². The fourth-order valence-corrected chi connectivity index (χ4v) is 3.57. The summed E-state index contributed by atoms with van der Waals surface area (Å²) in [7, 11) is 0. The molecule has 1 aliphatic rings. The van der Waals surface area contributed by atoms with Gasteiger partial charge in [0.25, 0.3) is 0 Å².